The highest BCUT2D eigenvalue weighted by Gasteiger charge is 2.22. The van der Waals surface area contributed by atoms with Gasteiger partial charge in [0.2, 0.25) is 0 Å². The van der Waals surface area contributed by atoms with Crippen molar-refractivity contribution < 1.29 is 4.79 Å². The van der Waals surface area contributed by atoms with Crippen LogP contribution in [0.2, 0.25) is 0 Å². The third-order valence-corrected chi connectivity index (χ3v) is 4.95. The van der Waals surface area contributed by atoms with Gasteiger partial charge in [0.05, 0.1) is 16.9 Å². The van der Waals surface area contributed by atoms with Crippen LogP contribution in [0.5, 0.6) is 0 Å². The van der Waals surface area contributed by atoms with Crippen LogP contribution in [-0.2, 0) is 0 Å². The minimum absolute atomic E-state index is 0. The molecule has 1 unspecified atom stereocenters. The first kappa shape index (κ1) is 24.8. The number of nitrogens with zero attached hydrogens (tertiary/aromatic N) is 5. The molecule has 0 saturated heterocycles. The topological polar surface area (TPSA) is 89.9 Å². The molecular weight excluding hydrogens is 411 g/mol. The number of nitrogens with two attached hydrogens (primary N) is 1. The number of pyridine rings is 1. The van der Waals surface area contributed by atoms with E-state index in [4.69, 9.17) is 5.73 Å². The lowest BCUT2D eigenvalue weighted by atomic mass is 10.0. The van der Waals surface area contributed by atoms with E-state index < -0.39 is 0 Å². The Kier molecular flexibility index (Phi) is 9.01. The molecule has 0 fully saturated rings. The van der Waals surface area contributed by atoms with Crippen LogP contribution in [0.1, 0.15) is 36.5 Å². The second kappa shape index (κ2) is 10.5. The van der Waals surface area contributed by atoms with E-state index in [2.05, 4.69) is 29.1 Å². The van der Waals surface area contributed by atoms with E-state index in [-0.39, 0.29) is 36.8 Å². The molecule has 0 radical (unpaired) electrons. The van der Waals surface area contributed by atoms with E-state index in [1.807, 2.05) is 37.3 Å². The van der Waals surface area contributed by atoms with Gasteiger partial charge in [-0.25, -0.2) is 4.68 Å². The Hall–Kier alpha value is -2.22. The lowest BCUT2D eigenvalue weighted by molar-refractivity contribution is 0.0782. The van der Waals surface area contributed by atoms with Gasteiger partial charge in [-0.3, -0.25) is 9.78 Å². The fourth-order valence-corrected chi connectivity index (χ4v) is 2.99. The van der Waals surface area contributed by atoms with E-state index >= 15 is 0 Å². The largest absolute Gasteiger partial charge is 0.340 e. The maximum absolute atomic E-state index is 12.8. The molecule has 0 aliphatic carbocycles. The number of hydrogen-bond donors (Lipinski definition) is 1. The van der Waals surface area contributed by atoms with E-state index in [1.165, 1.54) is 0 Å². The molecule has 2 N–H and O–H groups in total. The second-order valence-corrected chi connectivity index (χ2v) is 7.21. The average Bonchev–Trinajstić information content (AvgIpc) is 3.05. The highest BCUT2D eigenvalue weighted by atomic mass is 35.5. The van der Waals surface area contributed by atoms with Gasteiger partial charge in [-0.15, -0.1) is 29.9 Å². The van der Waals surface area contributed by atoms with Crippen LogP contribution in [0.4, 0.5) is 0 Å². The van der Waals surface area contributed by atoms with E-state index in [9.17, 15) is 4.79 Å². The van der Waals surface area contributed by atoms with Crippen molar-refractivity contribution in [2.45, 2.75) is 33.2 Å². The summed E-state index contributed by atoms with van der Waals surface area (Å²) in [6.07, 6.45) is 2.51. The monoisotopic (exact) mass is 438 g/mol. The molecule has 0 spiro atoms. The summed E-state index contributed by atoms with van der Waals surface area (Å²) in [5.74, 6) is 0.240. The lowest BCUT2D eigenvalue weighted by Gasteiger charge is -2.21. The van der Waals surface area contributed by atoms with Crippen LogP contribution in [0.25, 0.3) is 16.6 Å². The Morgan fingerprint density at radius 3 is 2.62 bits per heavy atom. The lowest BCUT2D eigenvalue weighted by Crippen LogP contribution is -2.35. The maximum atomic E-state index is 12.8. The third-order valence-electron chi connectivity index (χ3n) is 4.95. The normalized spacial score (nSPS) is 11.7. The molecule has 1 amide bonds. The average molecular weight is 439 g/mol. The zero-order chi connectivity index (χ0) is 19.6. The van der Waals surface area contributed by atoms with E-state index in [0.29, 0.717) is 23.9 Å². The summed E-state index contributed by atoms with van der Waals surface area (Å²) in [6.45, 7) is 6.61. The van der Waals surface area contributed by atoms with Crippen molar-refractivity contribution in [2.75, 3.05) is 13.6 Å². The smallest absolute Gasteiger partial charge is 0.276 e. The van der Waals surface area contributed by atoms with Crippen molar-refractivity contribution in [1.29, 1.82) is 0 Å². The number of carbonyl (C=O) groups is 1. The molecule has 7 nitrogen and oxygen atoms in total. The molecule has 0 aliphatic heterocycles. The number of rotatable bonds is 6. The number of benzene rings is 1. The van der Waals surface area contributed by atoms with Crippen LogP contribution in [0.15, 0.2) is 36.5 Å². The van der Waals surface area contributed by atoms with E-state index in [1.54, 1.807) is 22.8 Å². The summed E-state index contributed by atoms with van der Waals surface area (Å²) in [7, 11) is 1.77. The second-order valence-electron chi connectivity index (χ2n) is 7.21. The molecule has 1 aromatic carbocycles. The number of aromatic nitrogens is 4. The molecule has 0 aliphatic rings. The Labute approximate surface area is 183 Å². The number of halogens is 2. The molecular formula is C20H28Cl2N6O. The van der Waals surface area contributed by atoms with Crippen LogP contribution in [-0.4, -0.2) is 50.4 Å². The van der Waals surface area contributed by atoms with Gasteiger partial charge in [0.1, 0.15) is 0 Å². The number of carbonyl (C=O) groups excluding carboxylic acids is 1. The van der Waals surface area contributed by atoms with Gasteiger partial charge in [-0.2, -0.15) is 0 Å². The zero-order valence-electron chi connectivity index (χ0n) is 17.1. The van der Waals surface area contributed by atoms with Gasteiger partial charge in [0.15, 0.2) is 5.69 Å². The van der Waals surface area contributed by atoms with Gasteiger partial charge in [-0.1, -0.05) is 25.1 Å². The first-order chi connectivity index (χ1) is 12.9. The van der Waals surface area contributed by atoms with Crippen molar-refractivity contribution in [3.05, 3.63) is 47.9 Å². The summed E-state index contributed by atoms with van der Waals surface area (Å²) in [5.41, 5.74) is 8.88. The predicted octanol–water partition coefficient (Wildman–Crippen LogP) is 3.41. The minimum Gasteiger partial charge on any atom is -0.340 e. The van der Waals surface area contributed by atoms with Crippen LogP contribution < -0.4 is 5.73 Å². The molecule has 2 aromatic heterocycles. The highest BCUT2D eigenvalue weighted by molar-refractivity contribution is 5.93. The molecule has 29 heavy (non-hydrogen) atoms. The first-order valence-electron chi connectivity index (χ1n) is 9.17. The minimum atomic E-state index is -0.145. The maximum Gasteiger partial charge on any atom is 0.276 e. The predicted molar refractivity (Wildman–Crippen MR) is 120 cm³/mol. The molecule has 9 heteroatoms. The number of hydrogen-bond acceptors (Lipinski definition) is 5. The Bertz CT molecular complexity index is 954. The molecule has 158 valence electrons. The summed E-state index contributed by atoms with van der Waals surface area (Å²) in [5, 5.41) is 9.34. The zero-order valence-corrected chi connectivity index (χ0v) is 18.7. The standard InChI is InChI=1S/C20H26N6O.2ClH/c1-13(2)16(21)10-12-25(4)20(27)19-14(3)26(24-23-19)18-9-5-8-17-15(18)7-6-11-22-17;;/h5-9,11,13,16H,10,12,21H2,1-4H3;2*1H. The van der Waals surface area contributed by atoms with Crippen LogP contribution in [0, 0.1) is 12.8 Å². The SMILES string of the molecule is Cc1c(C(=O)N(C)CCC(N)C(C)C)nnn1-c1cccc2ncccc12.Cl.Cl. The first-order valence-corrected chi connectivity index (χ1v) is 9.17. The summed E-state index contributed by atoms with van der Waals surface area (Å²) < 4.78 is 1.70. The van der Waals surface area contributed by atoms with Crippen molar-refractivity contribution in [1.82, 2.24) is 24.9 Å². The fraction of sp³-hybridized carbons (Fsp3) is 0.400. The van der Waals surface area contributed by atoms with Crippen molar-refractivity contribution >= 4 is 41.6 Å². The third kappa shape index (κ3) is 5.23. The quantitative estimate of drug-likeness (QED) is 0.636. The fourth-order valence-electron chi connectivity index (χ4n) is 2.99. The summed E-state index contributed by atoms with van der Waals surface area (Å²) in [4.78, 5) is 18.8. The summed E-state index contributed by atoms with van der Waals surface area (Å²) >= 11 is 0. The highest BCUT2D eigenvalue weighted by Crippen LogP contribution is 2.22. The van der Waals surface area contributed by atoms with Crippen molar-refractivity contribution in [2.24, 2.45) is 11.7 Å². The van der Waals surface area contributed by atoms with E-state index in [0.717, 1.165) is 23.0 Å². The Morgan fingerprint density at radius 1 is 1.21 bits per heavy atom. The number of amides is 1. The Morgan fingerprint density at radius 2 is 1.93 bits per heavy atom. The molecule has 0 bridgehead atoms. The van der Waals surface area contributed by atoms with Gasteiger partial charge in [0.25, 0.3) is 5.91 Å². The molecule has 0 saturated carbocycles. The van der Waals surface area contributed by atoms with Gasteiger partial charge in [-0.05, 0) is 43.5 Å². The van der Waals surface area contributed by atoms with Crippen LogP contribution >= 0.6 is 24.8 Å². The summed E-state index contributed by atoms with van der Waals surface area (Å²) in [6, 6.07) is 9.76. The molecule has 2 heterocycles. The van der Waals surface area contributed by atoms with Crippen molar-refractivity contribution in [3.8, 4) is 5.69 Å². The molecule has 3 rings (SSSR count). The van der Waals surface area contributed by atoms with Crippen LogP contribution in [0.3, 0.4) is 0 Å². The molecule has 1 atom stereocenters. The van der Waals surface area contributed by atoms with Gasteiger partial charge in [0, 0.05) is 31.2 Å². The molecule has 3 aromatic rings. The van der Waals surface area contributed by atoms with Gasteiger partial charge >= 0.3 is 0 Å². The van der Waals surface area contributed by atoms with Crippen molar-refractivity contribution in [3.63, 3.8) is 0 Å². The Balaban J connectivity index is 0.00000210. The van der Waals surface area contributed by atoms with Gasteiger partial charge < -0.3 is 10.6 Å². The number of fused-ring (bicyclic) bond motifs is 1.